The fourth-order valence-electron chi connectivity index (χ4n) is 2.60. The number of dihydropyridines is 1. The summed E-state index contributed by atoms with van der Waals surface area (Å²) in [4.78, 5) is 12.6. The van der Waals surface area contributed by atoms with Crippen LogP contribution in [-0.4, -0.2) is 11.8 Å². The molecule has 0 saturated heterocycles. The summed E-state index contributed by atoms with van der Waals surface area (Å²) in [6, 6.07) is 9.17. The van der Waals surface area contributed by atoms with Crippen molar-refractivity contribution in [1.82, 2.24) is 5.32 Å². The molecule has 1 aromatic carbocycles. The average Bonchev–Trinajstić information content (AvgIpc) is 2.65. The molecule has 0 bridgehead atoms. The minimum atomic E-state index is -2.96. The summed E-state index contributed by atoms with van der Waals surface area (Å²) in [6.07, 6.45) is 3.24. The molecule has 28 heavy (non-hydrogen) atoms. The highest BCUT2D eigenvalue weighted by Gasteiger charge is 2.25. The van der Waals surface area contributed by atoms with Gasteiger partial charge in [-0.05, 0) is 37.5 Å². The first kappa shape index (κ1) is 20.9. The topological polar surface area (TPSA) is 76.7 Å². The summed E-state index contributed by atoms with van der Waals surface area (Å²) in [6.45, 7) is 4.02. The van der Waals surface area contributed by atoms with Gasteiger partial charge < -0.3 is 5.32 Å². The molecular weight excluding hydrogens is 360 g/mol. The van der Waals surface area contributed by atoms with Crippen molar-refractivity contribution in [3.63, 3.8) is 0 Å². The molecule has 1 atom stereocenters. The van der Waals surface area contributed by atoms with Gasteiger partial charge in [0.2, 0.25) is 5.41 Å². The van der Waals surface area contributed by atoms with E-state index in [0.717, 1.165) is 6.92 Å². The predicted molar refractivity (Wildman–Crippen MR) is 101 cm³/mol. The van der Waals surface area contributed by atoms with Crippen LogP contribution in [0.1, 0.15) is 31.9 Å². The molecule has 0 saturated carbocycles. The Bertz CT molecular complexity index is 978. The van der Waals surface area contributed by atoms with E-state index in [-0.39, 0.29) is 23.8 Å². The van der Waals surface area contributed by atoms with E-state index in [9.17, 15) is 13.6 Å². The van der Waals surface area contributed by atoms with Gasteiger partial charge in [-0.2, -0.15) is 10.5 Å². The number of carbonyl (C=O) groups is 1. The van der Waals surface area contributed by atoms with Crippen molar-refractivity contribution in [3.05, 3.63) is 58.8 Å². The Morgan fingerprint density at radius 1 is 1.21 bits per heavy atom. The van der Waals surface area contributed by atoms with Gasteiger partial charge in [0.15, 0.2) is 5.78 Å². The maximum absolute atomic E-state index is 13.5. The summed E-state index contributed by atoms with van der Waals surface area (Å²) in [5.74, 6) is 2.20. The van der Waals surface area contributed by atoms with Crippen LogP contribution in [0.4, 0.5) is 8.78 Å². The van der Waals surface area contributed by atoms with Crippen LogP contribution in [-0.2, 0) is 17.1 Å². The Labute approximate surface area is 163 Å². The maximum Gasteiger partial charge on any atom is 0.270 e. The van der Waals surface area contributed by atoms with Gasteiger partial charge >= 0.3 is 0 Å². The number of hydrogen-bond donors (Lipinski definition) is 1. The van der Waals surface area contributed by atoms with Crippen LogP contribution in [0.3, 0.4) is 0 Å². The lowest BCUT2D eigenvalue weighted by Gasteiger charge is -2.21. The summed E-state index contributed by atoms with van der Waals surface area (Å²) >= 11 is 0. The fraction of sp³-hybridized carbons (Fsp3) is 0.318. The number of ketones is 1. The minimum Gasteiger partial charge on any atom is -0.372 e. The molecule has 1 aliphatic heterocycles. The first-order valence-electron chi connectivity index (χ1n) is 8.62. The molecule has 2 rings (SSSR count). The number of carbonyl (C=O) groups excluding carboxylic acids is 1. The fourth-order valence-corrected chi connectivity index (χ4v) is 2.60. The average molecular weight is 379 g/mol. The third-order valence-corrected chi connectivity index (χ3v) is 4.28. The zero-order valence-electron chi connectivity index (χ0n) is 15.8. The highest BCUT2D eigenvalue weighted by molar-refractivity contribution is 5.98. The monoisotopic (exact) mass is 379 g/mol. The van der Waals surface area contributed by atoms with E-state index in [1.54, 1.807) is 25.1 Å². The van der Waals surface area contributed by atoms with Gasteiger partial charge in [-0.15, -0.1) is 0 Å². The number of benzene rings is 1. The highest BCUT2D eigenvalue weighted by atomic mass is 19.3. The SMILES string of the molecule is CC1NC(C#CC(C)(C#N)C#N)=CC=C1C(=O)Cc1cccc(C(C)(F)F)c1. The summed E-state index contributed by atoms with van der Waals surface area (Å²) in [5.41, 5.74) is -0.0173. The number of nitrogens with zero attached hydrogens (tertiary/aromatic N) is 2. The van der Waals surface area contributed by atoms with Crippen molar-refractivity contribution >= 4 is 5.78 Å². The summed E-state index contributed by atoms with van der Waals surface area (Å²) in [5, 5.41) is 21.0. The van der Waals surface area contributed by atoms with Crippen LogP contribution in [0, 0.1) is 39.9 Å². The molecule has 142 valence electrons. The maximum atomic E-state index is 13.5. The third kappa shape index (κ3) is 5.06. The third-order valence-electron chi connectivity index (χ3n) is 4.28. The largest absolute Gasteiger partial charge is 0.372 e. The van der Waals surface area contributed by atoms with Crippen LogP contribution in [0.25, 0.3) is 0 Å². The molecule has 1 aliphatic rings. The molecule has 4 nitrogen and oxygen atoms in total. The molecule has 1 aromatic rings. The second kappa shape index (κ2) is 8.07. The van der Waals surface area contributed by atoms with E-state index in [1.807, 2.05) is 12.1 Å². The molecule has 0 radical (unpaired) electrons. The smallest absolute Gasteiger partial charge is 0.270 e. The highest BCUT2D eigenvalue weighted by Crippen LogP contribution is 2.27. The Hall–Kier alpha value is -3.43. The van der Waals surface area contributed by atoms with Crippen LogP contribution >= 0.6 is 0 Å². The Kier molecular flexibility index (Phi) is 6.02. The molecule has 6 heteroatoms. The number of allylic oxidation sites excluding steroid dienone is 3. The van der Waals surface area contributed by atoms with Crippen LogP contribution in [0.5, 0.6) is 0 Å². The number of nitriles is 2. The first-order chi connectivity index (χ1) is 13.1. The minimum absolute atomic E-state index is 0.0115. The first-order valence-corrected chi connectivity index (χ1v) is 8.62. The Balaban J connectivity index is 2.19. The van der Waals surface area contributed by atoms with E-state index in [2.05, 4.69) is 17.2 Å². The van der Waals surface area contributed by atoms with E-state index >= 15 is 0 Å². The molecule has 1 unspecified atom stereocenters. The lowest BCUT2D eigenvalue weighted by atomic mass is 9.93. The quantitative estimate of drug-likeness (QED) is 0.808. The van der Waals surface area contributed by atoms with Crippen molar-refractivity contribution in [2.45, 2.75) is 39.2 Å². The lowest BCUT2D eigenvalue weighted by molar-refractivity contribution is -0.115. The second-order valence-corrected chi connectivity index (χ2v) is 6.86. The van der Waals surface area contributed by atoms with E-state index < -0.39 is 11.3 Å². The van der Waals surface area contributed by atoms with E-state index in [0.29, 0.717) is 16.8 Å². The second-order valence-electron chi connectivity index (χ2n) is 6.86. The zero-order chi connectivity index (χ0) is 20.9. The normalized spacial score (nSPS) is 16.3. The molecule has 0 spiro atoms. The Morgan fingerprint density at radius 2 is 1.89 bits per heavy atom. The molecule has 0 aliphatic carbocycles. The Morgan fingerprint density at radius 3 is 2.46 bits per heavy atom. The van der Waals surface area contributed by atoms with Crippen LogP contribution in [0.2, 0.25) is 0 Å². The number of nitrogens with one attached hydrogen (secondary N) is 1. The van der Waals surface area contributed by atoms with Gasteiger partial charge in [0.25, 0.3) is 5.92 Å². The number of alkyl halides is 2. The van der Waals surface area contributed by atoms with Gasteiger partial charge in [-0.25, -0.2) is 8.78 Å². The van der Waals surface area contributed by atoms with Crippen molar-refractivity contribution in [2.24, 2.45) is 5.41 Å². The van der Waals surface area contributed by atoms with Crippen molar-refractivity contribution in [1.29, 1.82) is 10.5 Å². The van der Waals surface area contributed by atoms with Gasteiger partial charge in [0.05, 0.1) is 23.9 Å². The number of hydrogen-bond acceptors (Lipinski definition) is 4. The van der Waals surface area contributed by atoms with Crippen molar-refractivity contribution in [3.8, 4) is 24.0 Å². The van der Waals surface area contributed by atoms with E-state index in [4.69, 9.17) is 10.5 Å². The van der Waals surface area contributed by atoms with Crippen LogP contribution < -0.4 is 5.32 Å². The molecule has 0 aromatic heterocycles. The zero-order valence-corrected chi connectivity index (χ0v) is 15.8. The standard InChI is InChI=1S/C22H19F2N3O/c1-15-19(8-7-18(27-15)9-10-21(2,13-25)14-26)20(28)12-16-5-4-6-17(11-16)22(3,23)24/h4-8,11,15,27H,12H2,1-3H3. The molecule has 1 N–H and O–H groups in total. The van der Waals surface area contributed by atoms with E-state index in [1.165, 1.54) is 25.1 Å². The van der Waals surface area contributed by atoms with Crippen molar-refractivity contribution < 1.29 is 13.6 Å². The number of Topliss-reactive ketones (excluding diaryl/α,β-unsaturated/α-hetero) is 1. The number of rotatable bonds is 4. The van der Waals surface area contributed by atoms with Gasteiger partial charge in [0.1, 0.15) is 0 Å². The lowest BCUT2D eigenvalue weighted by Crippen LogP contribution is -2.33. The van der Waals surface area contributed by atoms with Gasteiger partial charge in [-0.3, -0.25) is 4.79 Å². The van der Waals surface area contributed by atoms with Crippen LogP contribution in [0.15, 0.2) is 47.7 Å². The molecular formula is C22H19F2N3O. The van der Waals surface area contributed by atoms with Crippen molar-refractivity contribution in [2.75, 3.05) is 0 Å². The van der Waals surface area contributed by atoms with Gasteiger partial charge in [-0.1, -0.05) is 30.2 Å². The molecule has 0 amide bonds. The summed E-state index contributed by atoms with van der Waals surface area (Å²) in [7, 11) is 0. The van der Waals surface area contributed by atoms with Gasteiger partial charge in [0, 0.05) is 24.5 Å². The predicted octanol–water partition coefficient (Wildman–Crippen LogP) is 3.77. The molecule has 1 heterocycles. The number of halogens is 2. The molecule has 0 fully saturated rings. The summed E-state index contributed by atoms with van der Waals surface area (Å²) < 4.78 is 26.9.